The number of benzene rings is 2. The van der Waals surface area contributed by atoms with Crippen LogP contribution in [0, 0.1) is 13.8 Å². The number of anilines is 2. The Morgan fingerprint density at radius 1 is 0.946 bits per heavy atom. The van der Waals surface area contributed by atoms with Gasteiger partial charge in [0, 0.05) is 34.3 Å². The van der Waals surface area contributed by atoms with Gasteiger partial charge in [0.1, 0.15) is 18.1 Å². The normalized spacial score (nSPS) is 15.6. The van der Waals surface area contributed by atoms with Crippen LogP contribution in [0.3, 0.4) is 0 Å². The van der Waals surface area contributed by atoms with Gasteiger partial charge in [-0.25, -0.2) is 0 Å². The molecule has 1 fully saturated rings. The van der Waals surface area contributed by atoms with Crippen LogP contribution in [0.2, 0.25) is 0 Å². The first-order valence-corrected chi connectivity index (χ1v) is 14.0. The molecule has 2 aliphatic rings. The lowest BCUT2D eigenvalue weighted by Gasteiger charge is -2.27. The van der Waals surface area contributed by atoms with Gasteiger partial charge in [0.2, 0.25) is 24.5 Å². The number of nitrogens with zero attached hydrogens (tertiary/aromatic N) is 1. The molecular formula is C27H33N3O6S. The van der Waals surface area contributed by atoms with Crippen LogP contribution in [-0.4, -0.2) is 52.8 Å². The Morgan fingerprint density at radius 2 is 1.70 bits per heavy atom. The maximum absolute atomic E-state index is 13.3. The van der Waals surface area contributed by atoms with Gasteiger partial charge in [-0.3, -0.25) is 18.6 Å². The lowest BCUT2D eigenvalue weighted by Crippen LogP contribution is -2.46. The summed E-state index contributed by atoms with van der Waals surface area (Å²) in [4.78, 5) is 40.0. The van der Waals surface area contributed by atoms with Crippen LogP contribution in [0.25, 0.3) is 0 Å². The number of carbonyl (C=O) groups is 3. The van der Waals surface area contributed by atoms with E-state index in [0.717, 1.165) is 36.8 Å². The van der Waals surface area contributed by atoms with Gasteiger partial charge < -0.3 is 25.0 Å². The second-order valence-corrected chi connectivity index (χ2v) is 11.0. The fourth-order valence-corrected chi connectivity index (χ4v) is 5.56. The van der Waals surface area contributed by atoms with Crippen molar-refractivity contribution < 1.29 is 28.1 Å². The molecule has 2 aromatic rings. The Kier molecular flexibility index (Phi) is 8.81. The van der Waals surface area contributed by atoms with Gasteiger partial charge in [-0.15, -0.1) is 0 Å². The number of fused-ring (bicyclic) bond motifs is 1. The summed E-state index contributed by atoms with van der Waals surface area (Å²) in [6, 6.07) is 10.7. The van der Waals surface area contributed by atoms with Crippen molar-refractivity contribution in [1.29, 1.82) is 0 Å². The van der Waals surface area contributed by atoms with E-state index < -0.39 is 22.6 Å². The first-order valence-electron chi connectivity index (χ1n) is 12.5. The topological polar surface area (TPSA) is 114 Å². The van der Waals surface area contributed by atoms with Crippen LogP contribution in [0.15, 0.2) is 36.4 Å². The molecule has 0 saturated heterocycles. The minimum atomic E-state index is -1.77. The quantitative estimate of drug-likeness (QED) is 0.518. The summed E-state index contributed by atoms with van der Waals surface area (Å²) in [5.74, 6) is -0.825. The predicted octanol–water partition coefficient (Wildman–Crippen LogP) is 3.20. The molecule has 0 bridgehead atoms. The number of rotatable bonds is 9. The second-order valence-electron chi connectivity index (χ2n) is 9.52. The minimum Gasteiger partial charge on any atom is -0.454 e. The SMILES string of the molecule is Cc1ccc(N(CC(=O)NC2CCCCC2)C(=O)CS(=O)CC(=O)Nc2ccc3c(c2)OCO3)c(C)c1. The van der Waals surface area contributed by atoms with Crippen LogP contribution < -0.4 is 25.0 Å². The Hall–Kier alpha value is -3.40. The number of amides is 3. The molecule has 1 unspecified atom stereocenters. The van der Waals surface area contributed by atoms with Crippen LogP contribution in [-0.2, 0) is 25.2 Å². The summed E-state index contributed by atoms with van der Waals surface area (Å²) < 4.78 is 23.3. The molecule has 0 radical (unpaired) electrons. The van der Waals surface area contributed by atoms with Crippen molar-refractivity contribution in [3.63, 3.8) is 0 Å². The van der Waals surface area contributed by atoms with Gasteiger partial charge in [0.15, 0.2) is 11.5 Å². The predicted molar refractivity (Wildman–Crippen MR) is 142 cm³/mol. The van der Waals surface area contributed by atoms with E-state index >= 15 is 0 Å². The van der Waals surface area contributed by atoms with Crippen molar-refractivity contribution in [2.45, 2.75) is 52.0 Å². The van der Waals surface area contributed by atoms with E-state index in [4.69, 9.17) is 9.47 Å². The van der Waals surface area contributed by atoms with Crippen molar-refractivity contribution in [3.05, 3.63) is 47.5 Å². The molecule has 2 aromatic carbocycles. The Balaban J connectivity index is 1.38. The molecule has 37 heavy (non-hydrogen) atoms. The lowest BCUT2D eigenvalue weighted by atomic mass is 9.95. The molecule has 4 rings (SSSR count). The summed E-state index contributed by atoms with van der Waals surface area (Å²) >= 11 is 0. The van der Waals surface area contributed by atoms with Crippen molar-refractivity contribution >= 4 is 39.9 Å². The van der Waals surface area contributed by atoms with E-state index in [-0.39, 0.29) is 36.8 Å². The number of hydrogen-bond acceptors (Lipinski definition) is 6. The molecule has 3 amide bonds. The van der Waals surface area contributed by atoms with E-state index in [1.165, 1.54) is 11.3 Å². The number of nitrogens with one attached hydrogen (secondary N) is 2. The maximum atomic E-state index is 13.3. The average Bonchev–Trinajstić information content (AvgIpc) is 3.31. The van der Waals surface area contributed by atoms with Gasteiger partial charge in [-0.05, 0) is 50.5 Å². The molecule has 9 nitrogen and oxygen atoms in total. The van der Waals surface area contributed by atoms with Crippen molar-refractivity contribution in [2.75, 3.05) is 35.1 Å². The van der Waals surface area contributed by atoms with Crippen molar-refractivity contribution in [3.8, 4) is 11.5 Å². The third-order valence-electron chi connectivity index (χ3n) is 6.45. The van der Waals surface area contributed by atoms with E-state index in [0.29, 0.717) is 22.9 Å². The van der Waals surface area contributed by atoms with Crippen LogP contribution in [0.5, 0.6) is 11.5 Å². The van der Waals surface area contributed by atoms with E-state index in [1.807, 2.05) is 26.0 Å². The molecule has 1 aliphatic carbocycles. The zero-order valence-corrected chi connectivity index (χ0v) is 22.0. The van der Waals surface area contributed by atoms with Crippen LogP contribution in [0.4, 0.5) is 11.4 Å². The molecular weight excluding hydrogens is 494 g/mol. The minimum absolute atomic E-state index is 0.117. The summed E-state index contributed by atoms with van der Waals surface area (Å²) in [6.07, 6.45) is 5.21. The van der Waals surface area contributed by atoms with Crippen LogP contribution >= 0.6 is 0 Å². The summed E-state index contributed by atoms with van der Waals surface area (Å²) in [5, 5.41) is 5.72. The van der Waals surface area contributed by atoms with E-state index in [2.05, 4.69) is 10.6 Å². The third-order valence-corrected chi connectivity index (χ3v) is 7.60. The first-order chi connectivity index (χ1) is 17.8. The second kappa shape index (κ2) is 12.2. The maximum Gasteiger partial charge on any atom is 0.240 e. The highest BCUT2D eigenvalue weighted by molar-refractivity contribution is 7.86. The Bertz CT molecular complexity index is 1190. The van der Waals surface area contributed by atoms with Crippen molar-refractivity contribution in [1.82, 2.24) is 5.32 Å². The molecule has 1 aliphatic heterocycles. The summed E-state index contributed by atoms with van der Waals surface area (Å²) in [7, 11) is -1.77. The molecule has 0 aromatic heterocycles. The fraction of sp³-hybridized carbons (Fsp3) is 0.444. The summed E-state index contributed by atoms with van der Waals surface area (Å²) in [5.41, 5.74) is 2.94. The number of carbonyl (C=O) groups excluding carboxylic acids is 3. The van der Waals surface area contributed by atoms with Crippen LogP contribution in [0.1, 0.15) is 43.2 Å². The molecule has 1 heterocycles. The molecule has 198 valence electrons. The van der Waals surface area contributed by atoms with E-state index in [9.17, 15) is 18.6 Å². The van der Waals surface area contributed by atoms with Gasteiger partial charge in [0.05, 0.1) is 0 Å². The number of hydrogen-bond donors (Lipinski definition) is 2. The summed E-state index contributed by atoms with van der Waals surface area (Å²) in [6.45, 7) is 3.78. The number of aryl methyl sites for hydroxylation is 2. The first kappa shape index (κ1) is 26.7. The highest BCUT2D eigenvalue weighted by Crippen LogP contribution is 2.34. The largest absolute Gasteiger partial charge is 0.454 e. The highest BCUT2D eigenvalue weighted by atomic mass is 32.2. The van der Waals surface area contributed by atoms with Gasteiger partial charge in [-0.1, -0.05) is 37.0 Å². The average molecular weight is 528 g/mol. The fourth-order valence-electron chi connectivity index (χ4n) is 4.66. The zero-order valence-electron chi connectivity index (χ0n) is 21.2. The van der Waals surface area contributed by atoms with Gasteiger partial charge in [-0.2, -0.15) is 0 Å². The van der Waals surface area contributed by atoms with Crippen molar-refractivity contribution in [2.24, 2.45) is 0 Å². The standard InChI is InChI=1S/C27H33N3O6S/c1-18-8-10-22(19(2)12-18)30(14-25(31)28-20-6-4-3-5-7-20)27(33)16-37(34)15-26(32)29-21-9-11-23-24(13-21)36-17-35-23/h8-13,20H,3-7,14-17H2,1-2H3,(H,28,31)(H,29,32). The Labute approximate surface area is 219 Å². The number of ether oxygens (including phenoxy) is 2. The smallest absolute Gasteiger partial charge is 0.240 e. The van der Waals surface area contributed by atoms with Gasteiger partial charge in [0.25, 0.3) is 0 Å². The molecule has 2 N–H and O–H groups in total. The van der Waals surface area contributed by atoms with E-state index in [1.54, 1.807) is 24.3 Å². The molecule has 1 saturated carbocycles. The third kappa shape index (κ3) is 7.31. The van der Waals surface area contributed by atoms with Gasteiger partial charge >= 0.3 is 0 Å². The Morgan fingerprint density at radius 3 is 2.46 bits per heavy atom. The zero-order chi connectivity index (χ0) is 26.4. The molecule has 10 heteroatoms. The molecule has 0 spiro atoms. The highest BCUT2D eigenvalue weighted by Gasteiger charge is 2.25. The lowest BCUT2D eigenvalue weighted by molar-refractivity contribution is -0.123. The molecule has 1 atom stereocenters. The monoisotopic (exact) mass is 527 g/mol.